The molecule has 2 fully saturated rings. The highest BCUT2D eigenvalue weighted by Gasteiger charge is 2.57. The van der Waals surface area contributed by atoms with Crippen LogP contribution in [0.3, 0.4) is 0 Å². The van der Waals surface area contributed by atoms with Crippen LogP contribution in [0.1, 0.15) is 29.5 Å². The number of ether oxygens (including phenoxy) is 2. The number of carbonyl (C=O) groups excluding carboxylic acids is 2. The molecule has 0 unspecified atom stereocenters. The van der Waals surface area contributed by atoms with E-state index in [1.807, 2.05) is 91.0 Å². The lowest BCUT2D eigenvalue weighted by Gasteiger charge is -2.42. The molecule has 3 amide bonds. The van der Waals surface area contributed by atoms with Gasteiger partial charge in [-0.05, 0) is 47.7 Å². The predicted octanol–water partition coefficient (Wildman–Crippen LogP) is 5.76. The zero-order chi connectivity index (χ0) is 29.8. The van der Waals surface area contributed by atoms with E-state index in [0.29, 0.717) is 39.0 Å². The summed E-state index contributed by atoms with van der Waals surface area (Å²) in [4.78, 5) is 38.4. The number of aromatic nitrogens is 1. The van der Waals surface area contributed by atoms with E-state index >= 15 is 0 Å². The van der Waals surface area contributed by atoms with E-state index in [-0.39, 0.29) is 18.5 Å². The second-order valence-electron chi connectivity index (χ2n) is 11.1. The third-order valence-corrected chi connectivity index (χ3v) is 8.56. The first-order valence-corrected chi connectivity index (χ1v) is 14.6. The van der Waals surface area contributed by atoms with Gasteiger partial charge in [0.25, 0.3) is 5.91 Å². The third-order valence-electron chi connectivity index (χ3n) is 8.56. The number of pyridine rings is 1. The SMILES string of the molecule is COc1cc(CN2CCC3(CC2)C(=O)N(CC=Cc2ccccc2)C(=O)N3Cc2cccc3cccnc23)cc(OC)c1. The molecule has 4 aromatic rings. The summed E-state index contributed by atoms with van der Waals surface area (Å²) in [6.07, 6.45) is 6.72. The largest absolute Gasteiger partial charge is 0.497 e. The molecule has 0 N–H and O–H groups in total. The number of likely N-dealkylation sites (tertiary alicyclic amines) is 1. The molecular formula is C35H36N4O4. The van der Waals surface area contributed by atoms with E-state index in [1.54, 1.807) is 25.3 Å². The van der Waals surface area contributed by atoms with Crippen LogP contribution in [-0.2, 0) is 17.9 Å². The Morgan fingerprint density at radius 1 is 0.860 bits per heavy atom. The summed E-state index contributed by atoms with van der Waals surface area (Å²) < 4.78 is 10.9. The first kappa shape index (κ1) is 28.4. The minimum Gasteiger partial charge on any atom is -0.497 e. The van der Waals surface area contributed by atoms with Gasteiger partial charge in [0, 0.05) is 43.8 Å². The first-order valence-electron chi connectivity index (χ1n) is 14.6. The highest BCUT2D eigenvalue weighted by atomic mass is 16.5. The Morgan fingerprint density at radius 3 is 2.30 bits per heavy atom. The van der Waals surface area contributed by atoms with Gasteiger partial charge in [0.15, 0.2) is 0 Å². The molecule has 2 saturated heterocycles. The van der Waals surface area contributed by atoms with Crippen LogP contribution in [0.25, 0.3) is 17.0 Å². The average Bonchev–Trinajstić information content (AvgIpc) is 3.23. The number of piperidine rings is 1. The van der Waals surface area contributed by atoms with Gasteiger partial charge in [0.05, 0.1) is 26.3 Å². The molecule has 8 heteroatoms. The zero-order valence-electron chi connectivity index (χ0n) is 24.6. The summed E-state index contributed by atoms with van der Waals surface area (Å²) in [5.74, 6) is 1.37. The molecule has 3 aromatic carbocycles. The Kier molecular flexibility index (Phi) is 8.11. The second-order valence-corrected chi connectivity index (χ2v) is 11.1. The molecule has 6 rings (SSSR count). The fourth-order valence-corrected chi connectivity index (χ4v) is 6.27. The molecule has 0 saturated carbocycles. The monoisotopic (exact) mass is 576 g/mol. The topological polar surface area (TPSA) is 75.2 Å². The van der Waals surface area contributed by atoms with Crippen molar-refractivity contribution in [1.82, 2.24) is 19.7 Å². The summed E-state index contributed by atoms with van der Waals surface area (Å²) >= 11 is 0. The molecule has 3 heterocycles. The molecule has 43 heavy (non-hydrogen) atoms. The predicted molar refractivity (Wildman–Crippen MR) is 167 cm³/mol. The van der Waals surface area contributed by atoms with Gasteiger partial charge >= 0.3 is 6.03 Å². The lowest BCUT2D eigenvalue weighted by atomic mass is 9.85. The molecule has 220 valence electrons. The number of hydrogen-bond acceptors (Lipinski definition) is 6. The van der Waals surface area contributed by atoms with Crippen molar-refractivity contribution in [3.63, 3.8) is 0 Å². The first-order chi connectivity index (χ1) is 21.0. The van der Waals surface area contributed by atoms with Gasteiger partial charge in [-0.3, -0.25) is 19.6 Å². The van der Waals surface area contributed by atoms with Crippen LogP contribution in [0.15, 0.2) is 91.1 Å². The van der Waals surface area contributed by atoms with Gasteiger partial charge < -0.3 is 14.4 Å². The summed E-state index contributed by atoms with van der Waals surface area (Å²) in [7, 11) is 3.29. The van der Waals surface area contributed by atoms with Crippen molar-refractivity contribution >= 4 is 28.9 Å². The number of amides is 3. The van der Waals surface area contributed by atoms with E-state index in [2.05, 4.69) is 9.88 Å². The van der Waals surface area contributed by atoms with Gasteiger partial charge in [-0.2, -0.15) is 0 Å². The quantitative estimate of drug-likeness (QED) is 0.236. The molecule has 1 spiro atoms. The third kappa shape index (κ3) is 5.70. The molecular weight excluding hydrogens is 540 g/mol. The second kappa shape index (κ2) is 12.3. The van der Waals surface area contributed by atoms with Crippen molar-refractivity contribution in [2.45, 2.75) is 31.5 Å². The van der Waals surface area contributed by atoms with Gasteiger partial charge in [-0.25, -0.2) is 4.79 Å². The van der Waals surface area contributed by atoms with E-state index in [0.717, 1.165) is 39.1 Å². The minimum atomic E-state index is -0.906. The number of imide groups is 1. The van der Waals surface area contributed by atoms with Crippen LogP contribution in [0.4, 0.5) is 4.79 Å². The van der Waals surface area contributed by atoms with Gasteiger partial charge in [-0.15, -0.1) is 0 Å². The number of fused-ring (bicyclic) bond motifs is 1. The number of rotatable bonds is 9. The highest BCUT2D eigenvalue weighted by Crippen LogP contribution is 2.39. The van der Waals surface area contributed by atoms with Crippen molar-refractivity contribution in [3.8, 4) is 11.5 Å². The van der Waals surface area contributed by atoms with Crippen LogP contribution < -0.4 is 9.47 Å². The maximum Gasteiger partial charge on any atom is 0.328 e. The molecule has 0 aliphatic carbocycles. The van der Waals surface area contributed by atoms with E-state index < -0.39 is 5.54 Å². The Hall–Kier alpha value is -4.69. The lowest BCUT2D eigenvalue weighted by molar-refractivity contribution is -0.135. The smallest absolute Gasteiger partial charge is 0.328 e. The molecule has 0 radical (unpaired) electrons. The summed E-state index contributed by atoms with van der Waals surface area (Å²) in [6, 6.07) is 25.5. The number of para-hydroxylation sites is 1. The standard InChI is InChI=1S/C35H36N4O4/c1-42-30-21-27(22-31(23-30)43-2)24-37-19-15-35(16-20-37)33(40)38(18-8-11-26-9-4-3-5-10-26)34(41)39(35)25-29-13-6-12-28-14-7-17-36-32(28)29/h3-14,17,21-23H,15-16,18-20,24-25H2,1-2H3. The maximum atomic E-state index is 14.2. The van der Waals surface area contributed by atoms with Crippen LogP contribution in [0.5, 0.6) is 11.5 Å². The molecule has 0 bridgehead atoms. The number of carbonyl (C=O) groups is 2. The molecule has 2 aliphatic rings. The van der Waals surface area contributed by atoms with Crippen molar-refractivity contribution in [2.75, 3.05) is 33.9 Å². The molecule has 0 atom stereocenters. The van der Waals surface area contributed by atoms with Crippen LogP contribution in [0.2, 0.25) is 0 Å². The van der Waals surface area contributed by atoms with E-state index in [1.165, 1.54) is 4.90 Å². The molecule has 2 aliphatic heterocycles. The van der Waals surface area contributed by atoms with Gasteiger partial charge in [0.2, 0.25) is 0 Å². The molecule has 8 nitrogen and oxygen atoms in total. The number of benzene rings is 3. The minimum absolute atomic E-state index is 0.119. The normalized spacial score (nSPS) is 17.0. The Labute approximate surface area is 252 Å². The van der Waals surface area contributed by atoms with Crippen molar-refractivity contribution in [1.29, 1.82) is 0 Å². The van der Waals surface area contributed by atoms with Crippen LogP contribution >= 0.6 is 0 Å². The van der Waals surface area contributed by atoms with E-state index in [9.17, 15) is 9.59 Å². The summed E-state index contributed by atoms with van der Waals surface area (Å²) in [5, 5.41) is 1.01. The Balaban J connectivity index is 1.26. The van der Waals surface area contributed by atoms with Gasteiger partial charge in [-0.1, -0.05) is 66.7 Å². The van der Waals surface area contributed by atoms with Crippen molar-refractivity contribution < 1.29 is 19.1 Å². The maximum absolute atomic E-state index is 14.2. The molecule has 1 aromatic heterocycles. The lowest BCUT2D eigenvalue weighted by Crippen LogP contribution is -2.56. The highest BCUT2D eigenvalue weighted by molar-refractivity contribution is 6.07. The summed E-state index contributed by atoms with van der Waals surface area (Å²) in [6.45, 7) is 2.60. The Bertz CT molecular complexity index is 1620. The van der Waals surface area contributed by atoms with Gasteiger partial charge in [0.1, 0.15) is 17.0 Å². The van der Waals surface area contributed by atoms with E-state index in [4.69, 9.17) is 9.47 Å². The fraction of sp³-hybridized carbons (Fsp3) is 0.286. The van der Waals surface area contributed by atoms with Crippen molar-refractivity contribution in [3.05, 3.63) is 108 Å². The number of urea groups is 1. The number of nitrogens with zero attached hydrogens (tertiary/aromatic N) is 4. The summed E-state index contributed by atoms with van der Waals surface area (Å²) in [5.41, 5.74) is 2.99. The average molecular weight is 577 g/mol. The van der Waals surface area contributed by atoms with Crippen LogP contribution in [-0.4, -0.2) is 71.0 Å². The number of methoxy groups -OCH3 is 2. The Morgan fingerprint density at radius 2 is 1.58 bits per heavy atom. The zero-order valence-corrected chi connectivity index (χ0v) is 24.6. The van der Waals surface area contributed by atoms with Crippen LogP contribution in [0, 0.1) is 0 Å². The fourth-order valence-electron chi connectivity index (χ4n) is 6.27. The van der Waals surface area contributed by atoms with Crippen molar-refractivity contribution in [2.24, 2.45) is 0 Å². The number of hydrogen-bond donors (Lipinski definition) is 0.